The molecule has 0 atom stereocenters. The number of nitrogens with zero attached hydrogens (tertiary/aromatic N) is 2. The minimum atomic E-state index is -3.84. The van der Waals surface area contributed by atoms with Crippen molar-refractivity contribution >= 4 is 51.0 Å². The monoisotopic (exact) mass is 637 g/mol. The van der Waals surface area contributed by atoms with Crippen molar-refractivity contribution in [2.45, 2.75) is 30.9 Å². The van der Waals surface area contributed by atoms with Crippen LogP contribution in [0.2, 0.25) is 15.1 Å². The Hall–Kier alpha value is -3.41. The summed E-state index contributed by atoms with van der Waals surface area (Å²) in [6.45, 7) is 0.160. The van der Waals surface area contributed by atoms with Crippen LogP contribution in [0.5, 0.6) is 5.75 Å². The maximum atomic E-state index is 14.6. The zero-order valence-electron chi connectivity index (χ0n) is 21.2. The van der Waals surface area contributed by atoms with Gasteiger partial charge < -0.3 is 14.5 Å². The molecule has 0 unspecified atom stereocenters. The van der Waals surface area contributed by atoms with Crippen molar-refractivity contribution in [2.75, 3.05) is 0 Å². The highest BCUT2D eigenvalue weighted by Gasteiger charge is 2.19. The van der Waals surface area contributed by atoms with Gasteiger partial charge in [-0.25, -0.2) is 17.9 Å². The minimum Gasteiger partial charge on any atom is -0.507 e. The number of aromatic hydroxyl groups is 1. The molecular weight excluding hydrogens is 616 g/mol. The molecule has 0 radical (unpaired) electrons. The number of hydrogen-bond donors (Lipinski definition) is 2. The summed E-state index contributed by atoms with van der Waals surface area (Å²) >= 11 is 18.3. The van der Waals surface area contributed by atoms with Gasteiger partial charge >= 0.3 is 0 Å². The number of oxime groups is 1. The molecule has 0 spiro atoms. The Morgan fingerprint density at radius 1 is 1.02 bits per heavy atom. The van der Waals surface area contributed by atoms with Crippen LogP contribution in [-0.2, 0) is 40.9 Å². The third-order valence-corrected chi connectivity index (χ3v) is 8.05. The first-order valence-electron chi connectivity index (χ1n) is 12.0. The molecule has 0 fully saturated rings. The fraction of sp³-hybridized carbons (Fsp3) is 0.143. The van der Waals surface area contributed by atoms with Gasteiger partial charge in [0.05, 0.1) is 22.2 Å². The van der Waals surface area contributed by atoms with Crippen molar-refractivity contribution in [3.05, 3.63) is 126 Å². The van der Waals surface area contributed by atoms with Gasteiger partial charge in [0.1, 0.15) is 18.2 Å². The van der Waals surface area contributed by atoms with E-state index in [0.29, 0.717) is 22.0 Å². The van der Waals surface area contributed by atoms with Crippen LogP contribution < -0.4 is 10.7 Å². The summed E-state index contributed by atoms with van der Waals surface area (Å²) in [5.74, 6) is -1.03. The van der Waals surface area contributed by atoms with Crippen LogP contribution in [0.3, 0.4) is 0 Å². The predicted molar refractivity (Wildman–Crippen MR) is 157 cm³/mol. The number of sulfonamides is 1. The van der Waals surface area contributed by atoms with E-state index >= 15 is 0 Å². The average Bonchev–Trinajstić information content (AvgIpc) is 2.91. The molecule has 41 heavy (non-hydrogen) atoms. The van der Waals surface area contributed by atoms with Gasteiger partial charge in [-0.2, -0.15) is 0 Å². The Morgan fingerprint density at radius 2 is 1.76 bits per heavy atom. The second-order valence-corrected chi connectivity index (χ2v) is 11.8. The van der Waals surface area contributed by atoms with E-state index < -0.39 is 27.1 Å². The third kappa shape index (κ3) is 7.66. The summed E-state index contributed by atoms with van der Waals surface area (Å²) in [6.07, 6.45) is 2.67. The number of aromatic nitrogens is 1. The predicted octanol–water partition coefficient (Wildman–Crippen LogP) is 5.68. The molecule has 0 amide bonds. The van der Waals surface area contributed by atoms with Crippen LogP contribution in [0.4, 0.5) is 4.39 Å². The Labute approximate surface area is 250 Å². The molecule has 0 saturated carbocycles. The lowest BCUT2D eigenvalue weighted by Crippen LogP contribution is -2.26. The molecule has 0 aliphatic heterocycles. The molecule has 1 aromatic heterocycles. The van der Waals surface area contributed by atoms with Gasteiger partial charge in [0.25, 0.3) is 5.56 Å². The molecule has 3 aromatic carbocycles. The molecule has 214 valence electrons. The smallest absolute Gasteiger partial charge is 0.257 e. The van der Waals surface area contributed by atoms with E-state index in [1.807, 2.05) is 0 Å². The van der Waals surface area contributed by atoms with Gasteiger partial charge in [-0.15, -0.1) is 0 Å². The summed E-state index contributed by atoms with van der Waals surface area (Å²) in [5.41, 5.74) is 0.897. The first kappa shape index (κ1) is 30.5. The van der Waals surface area contributed by atoms with Crippen LogP contribution in [0.25, 0.3) is 0 Å². The van der Waals surface area contributed by atoms with E-state index in [4.69, 9.17) is 44.8 Å². The molecule has 0 bridgehead atoms. The molecule has 13 heteroatoms. The van der Waals surface area contributed by atoms with Gasteiger partial charge in [0.15, 0.2) is 0 Å². The number of hydrogen-bond acceptors (Lipinski definition) is 6. The van der Waals surface area contributed by atoms with Crippen LogP contribution in [0.1, 0.15) is 27.8 Å². The summed E-state index contributed by atoms with van der Waals surface area (Å²) in [5, 5.41) is 21.0. The van der Waals surface area contributed by atoms with E-state index in [9.17, 15) is 22.7 Å². The van der Waals surface area contributed by atoms with Gasteiger partial charge in [0.2, 0.25) is 10.0 Å². The normalized spacial score (nSPS) is 11.7. The summed E-state index contributed by atoms with van der Waals surface area (Å²) in [7, 11) is -3.84. The highest BCUT2D eigenvalue weighted by molar-refractivity contribution is 7.89. The quantitative estimate of drug-likeness (QED) is 0.171. The van der Waals surface area contributed by atoms with Crippen LogP contribution in [0, 0.1) is 5.82 Å². The van der Waals surface area contributed by atoms with Gasteiger partial charge in [-0.3, -0.25) is 4.79 Å². The maximum absolute atomic E-state index is 14.6. The van der Waals surface area contributed by atoms with E-state index in [2.05, 4.69) is 5.16 Å². The van der Waals surface area contributed by atoms with Crippen LogP contribution >= 0.6 is 34.8 Å². The van der Waals surface area contributed by atoms with Crippen molar-refractivity contribution in [2.24, 2.45) is 10.3 Å². The molecule has 4 rings (SSSR count). The first-order valence-corrected chi connectivity index (χ1v) is 14.7. The van der Waals surface area contributed by atoms with Crippen LogP contribution in [0.15, 0.2) is 81.7 Å². The van der Waals surface area contributed by atoms with Gasteiger partial charge in [0, 0.05) is 45.4 Å². The van der Waals surface area contributed by atoms with E-state index in [1.54, 1.807) is 30.3 Å². The van der Waals surface area contributed by atoms with E-state index in [1.165, 1.54) is 47.3 Å². The molecule has 3 N–H and O–H groups in total. The van der Waals surface area contributed by atoms with Crippen molar-refractivity contribution in [3.63, 3.8) is 0 Å². The Bertz CT molecular complexity index is 1760. The molecule has 8 nitrogen and oxygen atoms in total. The zero-order valence-corrected chi connectivity index (χ0v) is 24.3. The largest absolute Gasteiger partial charge is 0.507 e. The lowest BCUT2D eigenvalue weighted by molar-refractivity contribution is 0.132. The highest BCUT2D eigenvalue weighted by Crippen LogP contribution is 2.27. The van der Waals surface area contributed by atoms with Gasteiger partial charge in [-0.1, -0.05) is 64.2 Å². The van der Waals surface area contributed by atoms with Crippen molar-refractivity contribution in [1.29, 1.82) is 0 Å². The number of pyridine rings is 1. The SMILES string of the molecule is NS(=O)(=O)c1ccc(CCn2cc(/C=N/OCc3ccc(Cl)cc3Cl)c(O)c(Cc3c(F)cccc3Cl)c2=O)cc1. The second-order valence-electron chi connectivity index (χ2n) is 8.97. The van der Waals surface area contributed by atoms with Crippen molar-refractivity contribution in [3.8, 4) is 5.75 Å². The Kier molecular flexibility index (Phi) is 9.72. The molecular formula is C28H23Cl3FN3O5S. The molecule has 0 aliphatic carbocycles. The lowest BCUT2D eigenvalue weighted by Gasteiger charge is -2.14. The van der Waals surface area contributed by atoms with E-state index in [0.717, 1.165) is 5.56 Å². The van der Waals surface area contributed by atoms with Crippen LogP contribution in [-0.4, -0.2) is 24.3 Å². The number of benzene rings is 3. The number of nitrogens with two attached hydrogens (primary N) is 1. The van der Waals surface area contributed by atoms with Gasteiger partial charge in [-0.05, 0) is 48.4 Å². The maximum Gasteiger partial charge on any atom is 0.257 e. The zero-order chi connectivity index (χ0) is 29.7. The summed E-state index contributed by atoms with van der Waals surface area (Å²) in [6, 6.07) is 15.0. The Morgan fingerprint density at radius 3 is 2.41 bits per heavy atom. The molecule has 1 heterocycles. The lowest BCUT2D eigenvalue weighted by atomic mass is 10.0. The summed E-state index contributed by atoms with van der Waals surface area (Å²) in [4.78, 5) is 18.7. The highest BCUT2D eigenvalue weighted by atomic mass is 35.5. The number of halogens is 4. The number of primary sulfonamides is 1. The average molecular weight is 639 g/mol. The topological polar surface area (TPSA) is 124 Å². The Balaban J connectivity index is 1.64. The second kappa shape index (κ2) is 13.1. The fourth-order valence-electron chi connectivity index (χ4n) is 3.97. The van der Waals surface area contributed by atoms with E-state index in [-0.39, 0.29) is 46.2 Å². The minimum absolute atomic E-state index is 0.0130. The third-order valence-electron chi connectivity index (χ3n) is 6.18. The standard InChI is InChI=1S/C28H23Cl3FN3O5S/c29-20-7-6-18(25(31)12-20)16-40-34-14-19-15-35(11-10-17-4-8-21(9-5-17)41(33,38)39)28(37)23(27(19)36)13-22-24(30)2-1-3-26(22)32/h1-9,12,14-15,36H,10-11,13,16H2,(H2,33,38,39)/b34-14+. The molecule has 0 saturated heterocycles. The first-order chi connectivity index (χ1) is 19.4. The van der Waals surface area contributed by atoms with Crippen molar-refractivity contribution < 1.29 is 22.8 Å². The fourth-order valence-corrected chi connectivity index (χ4v) is 5.18. The molecule has 0 aliphatic rings. The summed E-state index contributed by atoms with van der Waals surface area (Å²) < 4.78 is 39.0. The number of rotatable bonds is 10. The van der Waals surface area contributed by atoms with Crippen molar-refractivity contribution in [1.82, 2.24) is 4.57 Å². The molecule has 4 aromatic rings. The number of aryl methyl sites for hydroxylation is 2.